The maximum absolute atomic E-state index is 11.6. The minimum absolute atomic E-state index is 0.0143. The lowest BCUT2D eigenvalue weighted by molar-refractivity contribution is 0.0684. The van der Waals surface area contributed by atoms with Crippen molar-refractivity contribution < 1.29 is 19.4 Å². The first kappa shape index (κ1) is 14.6. The summed E-state index contributed by atoms with van der Waals surface area (Å²) in [6, 6.07) is 0. The van der Waals surface area contributed by atoms with E-state index >= 15 is 0 Å². The van der Waals surface area contributed by atoms with E-state index in [4.69, 9.17) is 9.47 Å². The van der Waals surface area contributed by atoms with Gasteiger partial charge >= 0.3 is 5.97 Å². The SMILES string of the molecule is COCCn1cc(-c2nn3c(c2C(=O)O)O[C@H](C)CC3)cn1. The van der Waals surface area contributed by atoms with Crippen LogP contribution in [0.3, 0.4) is 0 Å². The fraction of sp³-hybridized carbons (Fsp3) is 0.500. The highest BCUT2D eigenvalue weighted by Crippen LogP contribution is 2.33. The maximum atomic E-state index is 11.6. The van der Waals surface area contributed by atoms with Crippen LogP contribution in [0.1, 0.15) is 23.7 Å². The van der Waals surface area contributed by atoms with E-state index in [0.29, 0.717) is 36.8 Å². The fourth-order valence-corrected chi connectivity index (χ4v) is 2.46. The number of aromatic nitrogens is 4. The second kappa shape index (κ2) is 5.80. The molecule has 2 aromatic heterocycles. The first-order chi connectivity index (χ1) is 10.6. The van der Waals surface area contributed by atoms with Crippen LogP contribution in [0.25, 0.3) is 11.3 Å². The Morgan fingerprint density at radius 3 is 3.14 bits per heavy atom. The van der Waals surface area contributed by atoms with Gasteiger partial charge < -0.3 is 14.6 Å². The first-order valence-corrected chi connectivity index (χ1v) is 7.12. The molecule has 1 aliphatic heterocycles. The predicted octanol–water partition coefficient (Wildman–Crippen LogP) is 1.26. The molecule has 8 heteroatoms. The smallest absolute Gasteiger partial charge is 0.343 e. The Labute approximate surface area is 127 Å². The number of aromatic carboxylic acids is 1. The Kier molecular flexibility index (Phi) is 3.84. The summed E-state index contributed by atoms with van der Waals surface area (Å²) in [7, 11) is 1.62. The molecule has 1 atom stereocenters. The standard InChI is InChI=1S/C14H18N4O4/c1-9-3-4-18-13(22-9)11(14(19)20)12(16-18)10-7-15-17(8-10)5-6-21-2/h7-9H,3-6H2,1-2H3,(H,19,20)/t9-/m1/s1. The van der Waals surface area contributed by atoms with Gasteiger partial charge in [0.25, 0.3) is 0 Å². The van der Waals surface area contributed by atoms with Gasteiger partial charge in [-0.25, -0.2) is 9.48 Å². The van der Waals surface area contributed by atoms with Gasteiger partial charge in [0.1, 0.15) is 11.3 Å². The lowest BCUT2D eigenvalue weighted by Gasteiger charge is -2.21. The summed E-state index contributed by atoms with van der Waals surface area (Å²) in [5.41, 5.74) is 1.14. The highest BCUT2D eigenvalue weighted by atomic mass is 16.5. The molecule has 0 unspecified atom stereocenters. The molecular weight excluding hydrogens is 288 g/mol. The molecule has 3 rings (SSSR count). The number of ether oxygens (including phenoxy) is 2. The summed E-state index contributed by atoms with van der Waals surface area (Å²) >= 11 is 0. The van der Waals surface area contributed by atoms with Gasteiger partial charge in [0.2, 0.25) is 5.88 Å². The Morgan fingerprint density at radius 2 is 2.41 bits per heavy atom. The number of rotatable bonds is 5. The van der Waals surface area contributed by atoms with Crippen LogP contribution in [0, 0.1) is 0 Å². The third-order valence-electron chi connectivity index (χ3n) is 3.61. The van der Waals surface area contributed by atoms with Crippen LogP contribution < -0.4 is 4.74 Å². The second-order valence-electron chi connectivity index (χ2n) is 5.26. The molecule has 0 fully saturated rings. The van der Waals surface area contributed by atoms with E-state index < -0.39 is 5.97 Å². The quantitative estimate of drug-likeness (QED) is 0.894. The van der Waals surface area contributed by atoms with Crippen LogP contribution in [-0.2, 0) is 17.8 Å². The van der Waals surface area contributed by atoms with Gasteiger partial charge in [0, 0.05) is 31.8 Å². The molecule has 0 aliphatic carbocycles. The molecule has 0 aromatic carbocycles. The molecule has 2 aromatic rings. The number of hydrogen-bond acceptors (Lipinski definition) is 5. The molecule has 0 saturated carbocycles. The Hall–Kier alpha value is -2.35. The zero-order chi connectivity index (χ0) is 15.7. The van der Waals surface area contributed by atoms with E-state index in [1.54, 1.807) is 28.9 Å². The number of carbonyl (C=O) groups is 1. The zero-order valence-corrected chi connectivity index (χ0v) is 12.5. The van der Waals surface area contributed by atoms with E-state index in [1.807, 2.05) is 6.92 Å². The minimum atomic E-state index is -1.05. The van der Waals surface area contributed by atoms with Gasteiger partial charge in [-0.1, -0.05) is 0 Å². The van der Waals surface area contributed by atoms with Crippen molar-refractivity contribution in [1.29, 1.82) is 0 Å². The fourth-order valence-electron chi connectivity index (χ4n) is 2.46. The molecule has 0 spiro atoms. The molecule has 0 radical (unpaired) electrons. The third-order valence-corrected chi connectivity index (χ3v) is 3.61. The van der Waals surface area contributed by atoms with Crippen molar-refractivity contribution in [2.45, 2.75) is 32.5 Å². The molecule has 1 aliphatic rings. The summed E-state index contributed by atoms with van der Waals surface area (Å²) in [6.07, 6.45) is 4.17. The molecule has 1 N–H and O–H groups in total. The highest BCUT2D eigenvalue weighted by molar-refractivity contribution is 5.97. The van der Waals surface area contributed by atoms with Crippen molar-refractivity contribution in [3.8, 4) is 17.1 Å². The van der Waals surface area contributed by atoms with Crippen LogP contribution in [-0.4, -0.2) is 50.5 Å². The average molecular weight is 306 g/mol. The van der Waals surface area contributed by atoms with Crippen molar-refractivity contribution in [3.05, 3.63) is 18.0 Å². The molecule has 8 nitrogen and oxygen atoms in total. The van der Waals surface area contributed by atoms with Gasteiger partial charge in [0.15, 0.2) is 0 Å². The van der Waals surface area contributed by atoms with Crippen LogP contribution in [0.2, 0.25) is 0 Å². The number of aryl methyl sites for hydroxylation is 1. The monoisotopic (exact) mass is 306 g/mol. The lowest BCUT2D eigenvalue weighted by atomic mass is 10.1. The molecule has 3 heterocycles. The van der Waals surface area contributed by atoms with Crippen molar-refractivity contribution >= 4 is 5.97 Å². The number of nitrogens with zero attached hydrogens (tertiary/aromatic N) is 4. The molecule has 0 amide bonds. The summed E-state index contributed by atoms with van der Waals surface area (Å²) in [5.74, 6) is -0.721. The van der Waals surface area contributed by atoms with Gasteiger partial charge in [-0.05, 0) is 6.92 Å². The lowest BCUT2D eigenvalue weighted by Crippen LogP contribution is -2.24. The van der Waals surface area contributed by atoms with Gasteiger partial charge in [-0.2, -0.15) is 10.2 Å². The topological polar surface area (TPSA) is 91.4 Å². The van der Waals surface area contributed by atoms with E-state index in [1.165, 1.54) is 0 Å². The number of carboxylic acid groups (broad SMARTS) is 1. The molecule has 0 bridgehead atoms. The largest absolute Gasteiger partial charge is 0.477 e. The third kappa shape index (κ3) is 2.57. The van der Waals surface area contributed by atoms with Crippen LogP contribution in [0.4, 0.5) is 0 Å². The van der Waals surface area contributed by atoms with E-state index in [2.05, 4.69) is 10.2 Å². The van der Waals surface area contributed by atoms with Crippen LogP contribution in [0.15, 0.2) is 12.4 Å². The summed E-state index contributed by atoms with van der Waals surface area (Å²) in [5, 5.41) is 18.1. The average Bonchev–Trinajstić information content (AvgIpc) is 3.08. The minimum Gasteiger partial charge on any atom is -0.477 e. The highest BCUT2D eigenvalue weighted by Gasteiger charge is 2.30. The molecule has 118 valence electrons. The summed E-state index contributed by atoms with van der Waals surface area (Å²) in [6.45, 7) is 3.70. The first-order valence-electron chi connectivity index (χ1n) is 7.12. The van der Waals surface area contributed by atoms with Crippen molar-refractivity contribution in [2.75, 3.05) is 13.7 Å². The number of hydrogen-bond donors (Lipinski definition) is 1. The number of fused-ring (bicyclic) bond motifs is 1. The van der Waals surface area contributed by atoms with Crippen molar-refractivity contribution in [3.63, 3.8) is 0 Å². The molecule has 0 saturated heterocycles. The Morgan fingerprint density at radius 1 is 1.59 bits per heavy atom. The predicted molar refractivity (Wildman–Crippen MR) is 77.0 cm³/mol. The van der Waals surface area contributed by atoms with Gasteiger partial charge in [-0.15, -0.1) is 0 Å². The normalized spacial score (nSPS) is 17.1. The second-order valence-corrected chi connectivity index (χ2v) is 5.26. The Balaban J connectivity index is 2.00. The summed E-state index contributed by atoms with van der Waals surface area (Å²) in [4.78, 5) is 11.6. The van der Waals surface area contributed by atoms with Gasteiger partial charge in [-0.3, -0.25) is 4.68 Å². The Bertz CT molecular complexity index is 691. The molecule has 22 heavy (non-hydrogen) atoms. The van der Waals surface area contributed by atoms with Gasteiger partial charge in [0.05, 0.1) is 25.5 Å². The molecular formula is C14H18N4O4. The maximum Gasteiger partial charge on any atom is 0.343 e. The zero-order valence-electron chi connectivity index (χ0n) is 12.5. The summed E-state index contributed by atoms with van der Waals surface area (Å²) < 4.78 is 14.0. The van der Waals surface area contributed by atoms with E-state index in [0.717, 1.165) is 6.42 Å². The van der Waals surface area contributed by atoms with E-state index in [9.17, 15) is 9.90 Å². The van der Waals surface area contributed by atoms with Crippen molar-refractivity contribution in [1.82, 2.24) is 19.6 Å². The number of methoxy groups -OCH3 is 1. The van der Waals surface area contributed by atoms with Crippen LogP contribution in [0.5, 0.6) is 5.88 Å². The van der Waals surface area contributed by atoms with Crippen LogP contribution >= 0.6 is 0 Å². The van der Waals surface area contributed by atoms with Crippen molar-refractivity contribution in [2.24, 2.45) is 0 Å². The van der Waals surface area contributed by atoms with E-state index in [-0.39, 0.29) is 11.7 Å². The number of carboxylic acids is 1.